The fourth-order valence-electron chi connectivity index (χ4n) is 4.31. The third-order valence-corrected chi connectivity index (χ3v) is 5.60. The number of alkyl halides is 3. The molecule has 2 aliphatic heterocycles. The van der Waals surface area contributed by atoms with Crippen LogP contribution in [-0.2, 0) is 23.9 Å². The summed E-state index contributed by atoms with van der Waals surface area (Å²) < 4.78 is 58.0. The monoisotopic (exact) mass is 419 g/mol. The van der Waals surface area contributed by atoms with E-state index in [1.54, 1.807) is 4.90 Å². The van der Waals surface area contributed by atoms with Crippen LogP contribution in [0.3, 0.4) is 0 Å². The fourth-order valence-corrected chi connectivity index (χ4v) is 4.31. The Morgan fingerprint density at radius 3 is 2.53 bits per heavy atom. The number of carbonyl (C=O) groups is 1. The van der Waals surface area contributed by atoms with Gasteiger partial charge in [-0.15, -0.1) is 0 Å². The highest BCUT2D eigenvalue weighted by Crippen LogP contribution is 2.37. The van der Waals surface area contributed by atoms with Crippen molar-refractivity contribution in [1.82, 2.24) is 4.90 Å². The van der Waals surface area contributed by atoms with Crippen LogP contribution in [0.1, 0.15) is 36.0 Å². The molecule has 30 heavy (non-hydrogen) atoms. The molecule has 2 bridgehead atoms. The molecule has 0 saturated carbocycles. The molecule has 0 spiro atoms. The third kappa shape index (κ3) is 4.50. The average Bonchev–Trinajstić information content (AvgIpc) is 2.96. The van der Waals surface area contributed by atoms with Gasteiger partial charge in [-0.3, -0.25) is 4.90 Å². The molecule has 2 heterocycles. The Kier molecular flexibility index (Phi) is 5.54. The molecular formula is C23H21F4NO2. The number of nitrogens with zero attached hydrogens (tertiary/aromatic N) is 1. The van der Waals surface area contributed by atoms with Crippen molar-refractivity contribution in [1.29, 1.82) is 0 Å². The van der Waals surface area contributed by atoms with Crippen LogP contribution >= 0.6 is 0 Å². The van der Waals surface area contributed by atoms with Crippen molar-refractivity contribution in [3.8, 4) is 0 Å². The lowest BCUT2D eigenvalue weighted by Crippen LogP contribution is -2.43. The van der Waals surface area contributed by atoms with Gasteiger partial charge in [-0.1, -0.05) is 42.0 Å². The Morgan fingerprint density at radius 2 is 1.83 bits per heavy atom. The number of benzene rings is 2. The molecule has 3 nitrogen and oxygen atoms in total. The van der Waals surface area contributed by atoms with Crippen LogP contribution in [0.5, 0.6) is 0 Å². The van der Waals surface area contributed by atoms with Gasteiger partial charge in [0.1, 0.15) is 12.4 Å². The second kappa shape index (κ2) is 8.13. The van der Waals surface area contributed by atoms with Crippen molar-refractivity contribution in [3.05, 3.63) is 82.7 Å². The van der Waals surface area contributed by atoms with Gasteiger partial charge in [0.2, 0.25) is 0 Å². The van der Waals surface area contributed by atoms with E-state index in [-0.39, 0.29) is 36.8 Å². The first-order valence-corrected chi connectivity index (χ1v) is 9.85. The van der Waals surface area contributed by atoms with Gasteiger partial charge in [0.05, 0.1) is 11.6 Å². The first kappa shape index (κ1) is 20.4. The van der Waals surface area contributed by atoms with Crippen molar-refractivity contribution >= 4 is 6.09 Å². The van der Waals surface area contributed by atoms with E-state index in [1.807, 2.05) is 36.4 Å². The van der Waals surface area contributed by atoms with Crippen molar-refractivity contribution in [2.24, 2.45) is 0 Å². The number of ether oxygens (including phenoxy) is 1. The van der Waals surface area contributed by atoms with Crippen LogP contribution in [0.4, 0.5) is 22.4 Å². The quantitative estimate of drug-likeness (QED) is 0.457. The van der Waals surface area contributed by atoms with Crippen LogP contribution in [0, 0.1) is 5.82 Å². The van der Waals surface area contributed by atoms with Gasteiger partial charge >= 0.3 is 12.3 Å². The summed E-state index contributed by atoms with van der Waals surface area (Å²) in [4.78, 5) is 14.3. The predicted octanol–water partition coefficient (Wildman–Crippen LogP) is 5.89. The molecule has 1 fully saturated rings. The maximum atomic E-state index is 13.7. The number of fused-ring (bicyclic) bond motifs is 2. The molecule has 0 aromatic heterocycles. The lowest BCUT2D eigenvalue weighted by Gasteiger charge is -2.33. The van der Waals surface area contributed by atoms with E-state index in [4.69, 9.17) is 4.74 Å². The van der Waals surface area contributed by atoms with Crippen molar-refractivity contribution in [2.45, 2.75) is 50.6 Å². The molecule has 2 aromatic carbocycles. The summed E-state index contributed by atoms with van der Waals surface area (Å²) in [7, 11) is 0. The standard InChI is InChI=1S/C23H21F4NO2/c24-19-10-16(9-18(13-19)23(25,26)27)8-17-11-20-6-7-21(12-17)28(20)22(29)30-14-15-4-2-1-3-5-15/h1-5,9-11,13,20-21H,6-8,12,14H2. The molecule has 4 rings (SSSR count). The number of hydrogen-bond donors (Lipinski definition) is 0. The number of rotatable bonds is 4. The summed E-state index contributed by atoms with van der Waals surface area (Å²) in [6, 6.07) is 11.8. The molecular weight excluding hydrogens is 398 g/mol. The number of halogens is 4. The van der Waals surface area contributed by atoms with E-state index >= 15 is 0 Å². The molecule has 2 aliphatic rings. The lowest BCUT2D eigenvalue weighted by molar-refractivity contribution is -0.137. The van der Waals surface area contributed by atoms with E-state index in [2.05, 4.69) is 0 Å². The molecule has 158 valence electrons. The van der Waals surface area contributed by atoms with Gasteiger partial charge in [0.15, 0.2) is 0 Å². The zero-order valence-electron chi connectivity index (χ0n) is 16.2. The van der Waals surface area contributed by atoms with Crippen LogP contribution in [0.2, 0.25) is 0 Å². The van der Waals surface area contributed by atoms with E-state index in [9.17, 15) is 22.4 Å². The first-order chi connectivity index (χ1) is 14.3. The molecule has 0 aliphatic carbocycles. The summed E-state index contributed by atoms with van der Waals surface area (Å²) >= 11 is 0. The Bertz CT molecular complexity index is 955. The Morgan fingerprint density at radius 1 is 1.07 bits per heavy atom. The zero-order chi connectivity index (χ0) is 21.3. The summed E-state index contributed by atoms with van der Waals surface area (Å²) in [5.41, 5.74) is 1.13. The summed E-state index contributed by atoms with van der Waals surface area (Å²) in [5.74, 6) is -0.898. The minimum absolute atomic E-state index is 0.0473. The SMILES string of the molecule is O=C(OCc1ccccc1)N1C2C=C(Cc3cc(F)cc(C(F)(F)F)c3)CC1CC2. The smallest absolute Gasteiger partial charge is 0.416 e. The topological polar surface area (TPSA) is 29.5 Å². The molecule has 1 saturated heterocycles. The van der Waals surface area contributed by atoms with Crippen molar-refractivity contribution in [3.63, 3.8) is 0 Å². The van der Waals surface area contributed by atoms with E-state index < -0.39 is 17.6 Å². The molecule has 0 radical (unpaired) electrons. The molecule has 1 amide bonds. The highest BCUT2D eigenvalue weighted by atomic mass is 19.4. The minimum Gasteiger partial charge on any atom is -0.445 e. The van der Waals surface area contributed by atoms with Crippen LogP contribution in [-0.4, -0.2) is 23.1 Å². The zero-order valence-corrected chi connectivity index (χ0v) is 16.2. The van der Waals surface area contributed by atoms with Crippen molar-refractivity contribution in [2.75, 3.05) is 0 Å². The molecule has 0 N–H and O–H groups in total. The van der Waals surface area contributed by atoms with Gasteiger partial charge in [0.25, 0.3) is 0 Å². The van der Waals surface area contributed by atoms with E-state index in [1.165, 1.54) is 0 Å². The van der Waals surface area contributed by atoms with Gasteiger partial charge in [-0.25, -0.2) is 9.18 Å². The molecule has 2 aromatic rings. The van der Waals surface area contributed by atoms with Crippen molar-refractivity contribution < 1.29 is 27.1 Å². The fraction of sp³-hybridized carbons (Fsp3) is 0.348. The molecule has 2 unspecified atom stereocenters. The second-order valence-corrected chi connectivity index (χ2v) is 7.80. The van der Waals surface area contributed by atoms with Gasteiger partial charge in [-0.2, -0.15) is 13.2 Å². The van der Waals surface area contributed by atoms with Gasteiger partial charge in [0, 0.05) is 6.04 Å². The maximum Gasteiger partial charge on any atom is 0.416 e. The lowest BCUT2D eigenvalue weighted by atomic mass is 9.94. The van der Waals surface area contributed by atoms with E-state index in [0.29, 0.717) is 12.5 Å². The Labute approximate surface area is 171 Å². The minimum atomic E-state index is -4.59. The Balaban J connectivity index is 1.44. The van der Waals surface area contributed by atoms with Crippen LogP contribution < -0.4 is 0 Å². The number of hydrogen-bond acceptors (Lipinski definition) is 2. The molecule has 2 atom stereocenters. The van der Waals surface area contributed by atoms with Crippen LogP contribution in [0.15, 0.2) is 60.2 Å². The Hall–Kier alpha value is -2.83. The van der Waals surface area contributed by atoms with Gasteiger partial charge < -0.3 is 4.74 Å². The van der Waals surface area contributed by atoms with Crippen LogP contribution in [0.25, 0.3) is 0 Å². The number of carbonyl (C=O) groups excluding carboxylic acids is 1. The van der Waals surface area contributed by atoms with E-state index in [0.717, 1.165) is 36.1 Å². The second-order valence-electron chi connectivity index (χ2n) is 7.80. The normalized spacial score (nSPS) is 20.8. The predicted molar refractivity (Wildman–Crippen MR) is 103 cm³/mol. The third-order valence-electron chi connectivity index (χ3n) is 5.60. The maximum absolute atomic E-state index is 13.7. The van der Waals surface area contributed by atoms with Gasteiger partial charge in [-0.05, 0) is 55.0 Å². The first-order valence-electron chi connectivity index (χ1n) is 9.85. The summed E-state index contributed by atoms with van der Waals surface area (Å²) in [6.45, 7) is 0.190. The highest BCUT2D eigenvalue weighted by Gasteiger charge is 2.40. The average molecular weight is 419 g/mol. The highest BCUT2D eigenvalue weighted by molar-refractivity contribution is 5.70. The molecule has 7 heteroatoms. The summed E-state index contributed by atoms with van der Waals surface area (Å²) in [6.07, 6.45) is -0.670. The summed E-state index contributed by atoms with van der Waals surface area (Å²) in [5, 5.41) is 0. The largest absolute Gasteiger partial charge is 0.445 e. The number of amides is 1.